The maximum absolute atomic E-state index is 14.0. The van der Waals surface area contributed by atoms with Gasteiger partial charge in [0.25, 0.3) is 5.91 Å². The van der Waals surface area contributed by atoms with Crippen molar-refractivity contribution in [3.8, 4) is 0 Å². The fourth-order valence-electron chi connectivity index (χ4n) is 4.06. The number of hydrogen-bond donors (Lipinski definition) is 2. The Balaban J connectivity index is 1.52. The fraction of sp³-hybridized carbons (Fsp3) is 0.409. The summed E-state index contributed by atoms with van der Waals surface area (Å²) in [7, 11) is 0. The van der Waals surface area contributed by atoms with Crippen molar-refractivity contribution in [3.63, 3.8) is 0 Å². The third-order valence-corrected chi connectivity index (χ3v) is 5.69. The van der Waals surface area contributed by atoms with Crippen LogP contribution in [0.4, 0.5) is 19.0 Å². The zero-order chi connectivity index (χ0) is 23.7. The van der Waals surface area contributed by atoms with Crippen LogP contribution in [0.25, 0.3) is 0 Å². The summed E-state index contributed by atoms with van der Waals surface area (Å²) < 4.78 is 42.2. The molecule has 1 saturated heterocycles. The first-order valence-electron chi connectivity index (χ1n) is 10.7. The minimum atomic E-state index is -1.29. The first-order valence-corrected chi connectivity index (χ1v) is 10.7. The Bertz CT molecular complexity index is 1110. The standard InChI is InChI=1S/C22H25F3N6O2/c1-13-6-20-30(11-15(12-31(20)28-13)22(33)29-4-2-27-3-5-29)21(32)9-16(26)7-14-8-18(24)19(25)10-17(14)23/h6,8,10-11,16,27H,2-5,7,9,12,26H2,1H3/t16-/m1/s1. The predicted molar refractivity (Wildman–Crippen MR) is 115 cm³/mol. The molecule has 0 radical (unpaired) electrons. The lowest BCUT2D eigenvalue weighted by atomic mass is 10.0. The van der Waals surface area contributed by atoms with Gasteiger partial charge in [0.05, 0.1) is 17.8 Å². The molecule has 2 aromatic rings. The highest BCUT2D eigenvalue weighted by Gasteiger charge is 2.30. The number of nitrogens with zero attached hydrogens (tertiary/aromatic N) is 4. The molecule has 11 heteroatoms. The van der Waals surface area contributed by atoms with Crippen LogP contribution >= 0.6 is 0 Å². The summed E-state index contributed by atoms with van der Waals surface area (Å²) in [5, 5.41) is 7.57. The Morgan fingerprint density at radius 1 is 1.12 bits per heavy atom. The molecule has 4 rings (SSSR count). The molecular weight excluding hydrogens is 437 g/mol. The van der Waals surface area contributed by atoms with E-state index in [4.69, 9.17) is 5.73 Å². The van der Waals surface area contributed by atoms with Gasteiger partial charge in [-0.25, -0.2) is 17.9 Å². The van der Waals surface area contributed by atoms with Crippen molar-refractivity contribution in [2.24, 2.45) is 5.73 Å². The predicted octanol–water partition coefficient (Wildman–Crippen LogP) is 1.23. The van der Waals surface area contributed by atoms with Gasteiger partial charge in [-0.1, -0.05) is 0 Å². The van der Waals surface area contributed by atoms with Crippen LogP contribution in [0.1, 0.15) is 17.7 Å². The molecule has 2 aliphatic rings. The van der Waals surface area contributed by atoms with E-state index in [0.717, 1.165) is 6.07 Å². The normalized spacial score (nSPS) is 16.9. The van der Waals surface area contributed by atoms with Gasteiger partial charge in [0.15, 0.2) is 11.6 Å². The first kappa shape index (κ1) is 23.0. The van der Waals surface area contributed by atoms with E-state index in [1.807, 2.05) is 0 Å². The third-order valence-electron chi connectivity index (χ3n) is 5.69. The number of hydrogen-bond acceptors (Lipinski definition) is 5. The lowest BCUT2D eigenvalue weighted by molar-refractivity contribution is -0.128. The van der Waals surface area contributed by atoms with Crippen molar-refractivity contribution < 1.29 is 22.8 Å². The molecule has 1 atom stereocenters. The largest absolute Gasteiger partial charge is 0.336 e. The molecule has 0 bridgehead atoms. The van der Waals surface area contributed by atoms with Crippen LogP contribution in [0.3, 0.4) is 0 Å². The van der Waals surface area contributed by atoms with Gasteiger partial charge >= 0.3 is 0 Å². The Kier molecular flexibility index (Phi) is 6.52. The maximum atomic E-state index is 14.0. The second-order valence-electron chi connectivity index (χ2n) is 8.29. The lowest BCUT2D eigenvalue weighted by Crippen LogP contribution is -2.48. The van der Waals surface area contributed by atoms with E-state index in [-0.39, 0.29) is 30.9 Å². The van der Waals surface area contributed by atoms with E-state index in [1.54, 1.807) is 22.6 Å². The zero-order valence-electron chi connectivity index (χ0n) is 18.2. The van der Waals surface area contributed by atoms with Crippen LogP contribution in [-0.4, -0.2) is 58.7 Å². The highest BCUT2D eigenvalue weighted by Crippen LogP contribution is 2.26. The van der Waals surface area contributed by atoms with Crippen LogP contribution in [0.2, 0.25) is 0 Å². The third kappa shape index (κ3) is 4.93. The van der Waals surface area contributed by atoms with E-state index in [1.165, 1.54) is 11.1 Å². The van der Waals surface area contributed by atoms with Gasteiger partial charge in [-0.05, 0) is 25.0 Å². The smallest absolute Gasteiger partial charge is 0.253 e. The number of aromatic nitrogens is 2. The van der Waals surface area contributed by atoms with Crippen LogP contribution in [-0.2, 0) is 22.6 Å². The van der Waals surface area contributed by atoms with Crippen molar-refractivity contribution in [1.29, 1.82) is 0 Å². The quantitative estimate of drug-likeness (QED) is 0.652. The first-order chi connectivity index (χ1) is 15.7. The highest BCUT2D eigenvalue weighted by atomic mass is 19.2. The summed E-state index contributed by atoms with van der Waals surface area (Å²) in [6.45, 7) is 4.55. The van der Waals surface area contributed by atoms with Gasteiger partial charge in [-0.3, -0.25) is 14.5 Å². The minimum Gasteiger partial charge on any atom is -0.336 e. The van der Waals surface area contributed by atoms with E-state index in [2.05, 4.69) is 10.4 Å². The van der Waals surface area contributed by atoms with Crippen molar-refractivity contribution >= 4 is 17.6 Å². The molecule has 3 N–H and O–H groups in total. The molecule has 0 saturated carbocycles. The molecule has 176 valence electrons. The number of fused-ring (bicyclic) bond motifs is 1. The number of nitrogens with one attached hydrogen (secondary N) is 1. The molecule has 2 aliphatic heterocycles. The summed E-state index contributed by atoms with van der Waals surface area (Å²) >= 11 is 0. The number of carbonyl (C=O) groups excluding carboxylic acids is 2. The summed E-state index contributed by atoms with van der Waals surface area (Å²) in [4.78, 5) is 29.2. The number of piperazine rings is 1. The molecule has 1 aromatic carbocycles. The summed E-state index contributed by atoms with van der Waals surface area (Å²) in [6.07, 6.45) is 1.15. The van der Waals surface area contributed by atoms with Gasteiger partial charge in [0.1, 0.15) is 11.6 Å². The Labute approximate surface area is 188 Å². The van der Waals surface area contributed by atoms with Crippen molar-refractivity contribution in [3.05, 3.63) is 58.7 Å². The molecule has 1 aromatic heterocycles. The van der Waals surface area contributed by atoms with Gasteiger partial charge in [-0.2, -0.15) is 5.10 Å². The van der Waals surface area contributed by atoms with Crippen molar-refractivity contribution in [1.82, 2.24) is 20.0 Å². The average molecular weight is 462 g/mol. The topological polar surface area (TPSA) is 96.5 Å². The second-order valence-corrected chi connectivity index (χ2v) is 8.29. The Hall–Kier alpha value is -3.18. The van der Waals surface area contributed by atoms with Crippen molar-refractivity contribution in [2.45, 2.75) is 32.4 Å². The average Bonchev–Trinajstić information content (AvgIpc) is 3.16. The van der Waals surface area contributed by atoms with Gasteiger partial charge in [0.2, 0.25) is 5.91 Å². The summed E-state index contributed by atoms with van der Waals surface area (Å²) in [5.41, 5.74) is 7.04. The molecule has 0 spiro atoms. The second kappa shape index (κ2) is 9.36. The van der Waals surface area contributed by atoms with Gasteiger partial charge in [-0.15, -0.1) is 0 Å². The molecule has 3 heterocycles. The molecule has 0 aliphatic carbocycles. The minimum absolute atomic E-state index is 0.112. The lowest BCUT2D eigenvalue weighted by Gasteiger charge is -2.31. The molecular formula is C22H25F3N6O2. The maximum Gasteiger partial charge on any atom is 0.253 e. The number of benzene rings is 1. The molecule has 1 fully saturated rings. The monoisotopic (exact) mass is 462 g/mol. The summed E-state index contributed by atoms with van der Waals surface area (Å²) in [5.74, 6) is -3.48. The number of amides is 2. The number of aryl methyl sites for hydroxylation is 1. The number of nitrogens with two attached hydrogens (primary N) is 1. The van der Waals surface area contributed by atoms with E-state index in [9.17, 15) is 22.8 Å². The van der Waals surface area contributed by atoms with Crippen LogP contribution < -0.4 is 16.0 Å². The summed E-state index contributed by atoms with van der Waals surface area (Å²) in [6, 6.07) is 2.08. The molecule has 8 nitrogen and oxygen atoms in total. The molecule has 0 unspecified atom stereocenters. The Morgan fingerprint density at radius 2 is 1.82 bits per heavy atom. The number of rotatable bonds is 5. The molecule has 2 amide bonds. The van der Waals surface area contributed by atoms with E-state index < -0.39 is 29.4 Å². The number of halogens is 3. The van der Waals surface area contributed by atoms with Gasteiger partial charge in [0, 0.05) is 57.0 Å². The fourth-order valence-corrected chi connectivity index (χ4v) is 4.06. The Morgan fingerprint density at radius 3 is 2.55 bits per heavy atom. The van der Waals surface area contributed by atoms with E-state index in [0.29, 0.717) is 49.3 Å². The number of anilines is 1. The zero-order valence-corrected chi connectivity index (χ0v) is 18.2. The van der Waals surface area contributed by atoms with Gasteiger partial charge < -0.3 is 16.0 Å². The van der Waals surface area contributed by atoms with Crippen LogP contribution in [0, 0.1) is 24.4 Å². The van der Waals surface area contributed by atoms with E-state index >= 15 is 0 Å². The number of carbonyl (C=O) groups is 2. The molecule has 33 heavy (non-hydrogen) atoms. The van der Waals surface area contributed by atoms with Crippen molar-refractivity contribution in [2.75, 3.05) is 31.1 Å². The van der Waals surface area contributed by atoms with Crippen LogP contribution in [0.5, 0.6) is 0 Å². The SMILES string of the molecule is Cc1cc2n(n1)CC(C(=O)N1CCNCC1)=CN2C(=O)C[C@H](N)Cc1cc(F)c(F)cc1F. The highest BCUT2D eigenvalue weighted by molar-refractivity contribution is 6.00. The van der Waals surface area contributed by atoms with Crippen LogP contribution in [0.15, 0.2) is 30.0 Å².